The van der Waals surface area contributed by atoms with Crippen molar-refractivity contribution < 1.29 is 19.8 Å². The van der Waals surface area contributed by atoms with Gasteiger partial charge in [0.25, 0.3) is 0 Å². The van der Waals surface area contributed by atoms with Crippen molar-refractivity contribution in [3.8, 4) is 0 Å². The highest BCUT2D eigenvalue weighted by molar-refractivity contribution is 6.00. The molecule has 0 aliphatic carbocycles. The first-order chi connectivity index (χ1) is 6.54. The van der Waals surface area contributed by atoms with Crippen molar-refractivity contribution in [1.82, 2.24) is 4.90 Å². The number of carbonyl (C=O) groups excluding carboxylic acids is 2. The molecule has 14 heavy (non-hydrogen) atoms. The molecular formula is C9H9NO4-2. The summed E-state index contributed by atoms with van der Waals surface area (Å²) in [5, 5.41) is 21.5. The summed E-state index contributed by atoms with van der Waals surface area (Å²) in [5.41, 5.74) is -0.187. The number of carboxylic acid groups (broad SMARTS) is 2. The summed E-state index contributed by atoms with van der Waals surface area (Å²) >= 11 is 0. The van der Waals surface area contributed by atoms with Crippen molar-refractivity contribution in [2.75, 3.05) is 7.05 Å². The Bertz CT molecular complexity index is 315. The van der Waals surface area contributed by atoms with E-state index in [0.29, 0.717) is 12.8 Å². The topological polar surface area (TPSA) is 83.5 Å². The molecule has 1 saturated heterocycles. The minimum atomic E-state index is -1.39. The van der Waals surface area contributed by atoms with E-state index >= 15 is 0 Å². The molecule has 2 heterocycles. The summed E-state index contributed by atoms with van der Waals surface area (Å²) in [6, 6.07) is -0.615. The van der Waals surface area contributed by atoms with Gasteiger partial charge in [-0.2, -0.15) is 0 Å². The van der Waals surface area contributed by atoms with Gasteiger partial charge in [0.1, 0.15) is 0 Å². The molecule has 0 aromatic heterocycles. The lowest BCUT2D eigenvalue weighted by atomic mass is 9.92. The number of carbonyl (C=O) groups is 2. The fraction of sp³-hybridized carbons (Fsp3) is 0.556. The van der Waals surface area contributed by atoms with Gasteiger partial charge in [-0.15, -0.1) is 0 Å². The largest absolute Gasteiger partial charge is 0.545 e. The molecule has 2 atom stereocenters. The van der Waals surface area contributed by atoms with Crippen molar-refractivity contribution in [2.24, 2.45) is 0 Å². The first-order valence-electron chi connectivity index (χ1n) is 4.42. The molecule has 2 rings (SSSR count). The lowest BCUT2D eigenvalue weighted by molar-refractivity contribution is -0.304. The fourth-order valence-electron chi connectivity index (χ4n) is 2.49. The Kier molecular flexibility index (Phi) is 1.85. The van der Waals surface area contributed by atoms with E-state index in [4.69, 9.17) is 0 Å². The van der Waals surface area contributed by atoms with E-state index in [-0.39, 0.29) is 23.2 Å². The maximum absolute atomic E-state index is 10.8. The van der Waals surface area contributed by atoms with Crippen LogP contribution in [0.25, 0.3) is 0 Å². The maximum Gasteiger partial charge on any atom is 0.0694 e. The summed E-state index contributed by atoms with van der Waals surface area (Å²) in [6.45, 7) is 0. The van der Waals surface area contributed by atoms with Gasteiger partial charge in [-0.1, -0.05) is 0 Å². The summed E-state index contributed by atoms with van der Waals surface area (Å²) in [7, 11) is 1.72. The number of aliphatic carboxylic acids is 2. The van der Waals surface area contributed by atoms with Crippen LogP contribution in [-0.2, 0) is 9.59 Å². The van der Waals surface area contributed by atoms with Gasteiger partial charge in [0.15, 0.2) is 0 Å². The summed E-state index contributed by atoms with van der Waals surface area (Å²) in [5.74, 6) is -2.77. The third-order valence-corrected chi connectivity index (χ3v) is 3.09. The van der Waals surface area contributed by atoms with Gasteiger partial charge in [0, 0.05) is 12.1 Å². The second-order valence-corrected chi connectivity index (χ2v) is 3.68. The molecule has 0 aromatic rings. The minimum absolute atomic E-state index is 0.0937. The van der Waals surface area contributed by atoms with Crippen molar-refractivity contribution in [2.45, 2.75) is 24.9 Å². The second kappa shape index (κ2) is 2.81. The Hall–Kier alpha value is -1.36. The minimum Gasteiger partial charge on any atom is -0.545 e. The van der Waals surface area contributed by atoms with E-state index in [0.717, 1.165) is 0 Å². The standard InChI is InChI=1S/C9H11NO4/c1-10-4-2-3-5(10)7(9(13)14)6(4)8(11)12/h4-5H,2-3H2,1H3,(H,11,12)(H,13,14)/p-2. The van der Waals surface area contributed by atoms with Crippen LogP contribution >= 0.6 is 0 Å². The molecule has 0 aromatic carbocycles. The van der Waals surface area contributed by atoms with Gasteiger partial charge in [-0.3, -0.25) is 4.90 Å². The zero-order chi connectivity index (χ0) is 10.5. The molecular weight excluding hydrogens is 186 g/mol. The molecule has 0 N–H and O–H groups in total. The van der Waals surface area contributed by atoms with E-state index < -0.39 is 11.9 Å². The molecule has 0 saturated carbocycles. The number of likely N-dealkylation sites (N-methyl/N-ethyl adjacent to an activating group) is 1. The van der Waals surface area contributed by atoms with Crippen LogP contribution in [0, 0.1) is 0 Å². The number of hydrogen-bond donors (Lipinski definition) is 0. The fourth-order valence-corrected chi connectivity index (χ4v) is 2.49. The zero-order valence-electron chi connectivity index (χ0n) is 7.65. The molecule has 0 amide bonds. The van der Waals surface area contributed by atoms with Gasteiger partial charge in [-0.25, -0.2) is 0 Å². The maximum atomic E-state index is 10.8. The van der Waals surface area contributed by atoms with Crippen LogP contribution in [-0.4, -0.2) is 36.0 Å². The average Bonchev–Trinajstić information content (AvgIpc) is 2.58. The van der Waals surface area contributed by atoms with E-state index in [2.05, 4.69) is 0 Å². The lowest BCUT2D eigenvalue weighted by Gasteiger charge is -2.19. The molecule has 0 spiro atoms. The van der Waals surface area contributed by atoms with Gasteiger partial charge >= 0.3 is 0 Å². The third-order valence-electron chi connectivity index (χ3n) is 3.09. The quantitative estimate of drug-likeness (QED) is 0.477. The van der Waals surface area contributed by atoms with Crippen LogP contribution in [0.4, 0.5) is 0 Å². The highest BCUT2D eigenvalue weighted by atomic mass is 16.4. The normalized spacial score (nSPS) is 31.2. The molecule has 5 heteroatoms. The molecule has 1 fully saturated rings. The Morgan fingerprint density at radius 1 is 1.14 bits per heavy atom. The highest BCUT2D eigenvalue weighted by Crippen LogP contribution is 2.40. The van der Waals surface area contributed by atoms with E-state index in [1.54, 1.807) is 11.9 Å². The molecule has 2 unspecified atom stereocenters. The Balaban J connectivity index is 2.50. The monoisotopic (exact) mass is 195 g/mol. The van der Waals surface area contributed by atoms with Crippen LogP contribution in [0.5, 0.6) is 0 Å². The first-order valence-corrected chi connectivity index (χ1v) is 4.42. The lowest BCUT2D eigenvalue weighted by Crippen LogP contribution is -2.36. The van der Waals surface area contributed by atoms with Crippen molar-refractivity contribution in [3.05, 3.63) is 11.1 Å². The number of rotatable bonds is 2. The molecule has 5 nitrogen and oxygen atoms in total. The number of nitrogens with zero attached hydrogens (tertiary/aromatic N) is 1. The van der Waals surface area contributed by atoms with E-state index in [9.17, 15) is 19.8 Å². The second-order valence-electron chi connectivity index (χ2n) is 3.68. The molecule has 2 bridgehead atoms. The van der Waals surface area contributed by atoms with E-state index in [1.165, 1.54) is 0 Å². The van der Waals surface area contributed by atoms with Crippen molar-refractivity contribution >= 4 is 11.9 Å². The Labute approximate surface area is 80.6 Å². The summed E-state index contributed by atoms with van der Waals surface area (Å²) in [6.07, 6.45) is 1.36. The van der Waals surface area contributed by atoms with Gasteiger partial charge in [-0.05, 0) is 31.0 Å². The van der Waals surface area contributed by atoms with Crippen molar-refractivity contribution in [1.29, 1.82) is 0 Å². The predicted molar refractivity (Wildman–Crippen MR) is 41.6 cm³/mol. The number of fused-ring (bicyclic) bond motifs is 2. The first kappa shape index (κ1) is 9.21. The average molecular weight is 195 g/mol. The van der Waals surface area contributed by atoms with Crippen LogP contribution < -0.4 is 10.2 Å². The predicted octanol–water partition coefficient (Wildman–Crippen LogP) is -2.74. The molecule has 76 valence electrons. The van der Waals surface area contributed by atoms with Crippen LogP contribution in [0.15, 0.2) is 11.1 Å². The van der Waals surface area contributed by atoms with Gasteiger partial charge in [0.05, 0.1) is 11.9 Å². The van der Waals surface area contributed by atoms with Crippen LogP contribution in [0.2, 0.25) is 0 Å². The van der Waals surface area contributed by atoms with Gasteiger partial charge in [0.2, 0.25) is 0 Å². The summed E-state index contributed by atoms with van der Waals surface area (Å²) < 4.78 is 0. The van der Waals surface area contributed by atoms with Crippen LogP contribution in [0.3, 0.4) is 0 Å². The third kappa shape index (κ3) is 0.988. The SMILES string of the molecule is CN1C2CCC1C(C(=O)[O-])=C2C(=O)[O-]. The van der Waals surface area contributed by atoms with E-state index in [1.807, 2.05) is 0 Å². The number of hydrogen-bond acceptors (Lipinski definition) is 5. The zero-order valence-corrected chi connectivity index (χ0v) is 7.65. The molecule has 2 aliphatic rings. The summed E-state index contributed by atoms with van der Waals surface area (Å²) in [4.78, 5) is 23.3. The highest BCUT2D eigenvalue weighted by Gasteiger charge is 2.44. The van der Waals surface area contributed by atoms with Crippen LogP contribution in [0.1, 0.15) is 12.8 Å². The molecule has 2 aliphatic heterocycles. The smallest absolute Gasteiger partial charge is 0.0694 e. The molecule has 0 radical (unpaired) electrons. The Morgan fingerprint density at radius 2 is 1.50 bits per heavy atom. The number of carboxylic acids is 2. The van der Waals surface area contributed by atoms with Gasteiger partial charge < -0.3 is 19.8 Å². The Morgan fingerprint density at radius 3 is 1.79 bits per heavy atom. The van der Waals surface area contributed by atoms with Crippen molar-refractivity contribution in [3.63, 3.8) is 0 Å².